The maximum absolute atomic E-state index is 13.4. The van der Waals surface area contributed by atoms with Crippen molar-refractivity contribution in [1.29, 1.82) is 0 Å². The van der Waals surface area contributed by atoms with E-state index in [9.17, 15) is 13.2 Å². The summed E-state index contributed by atoms with van der Waals surface area (Å²) in [5, 5.41) is 3.00. The molecular weight excluding hydrogens is 536 g/mol. The number of amides is 1. The van der Waals surface area contributed by atoms with Crippen molar-refractivity contribution in [3.63, 3.8) is 0 Å². The highest BCUT2D eigenvalue weighted by Gasteiger charge is 2.28. The van der Waals surface area contributed by atoms with Crippen LogP contribution in [0.5, 0.6) is 5.88 Å². The van der Waals surface area contributed by atoms with Crippen molar-refractivity contribution in [3.8, 4) is 17.1 Å². The van der Waals surface area contributed by atoms with Crippen LogP contribution in [0.25, 0.3) is 11.3 Å². The van der Waals surface area contributed by atoms with Gasteiger partial charge in [0.1, 0.15) is 6.10 Å². The minimum Gasteiger partial charge on any atom is -0.467 e. The number of hydrogen-bond acceptors (Lipinski definition) is 6. The fraction of sp³-hybridized carbons (Fsp3) is 0.281. The van der Waals surface area contributed by atoms with Crippen molar-refractivity contribution in [3.05, 3.63) is 101 Å². The second-order valence-corrected chi connectivity index (χ2v) is 13.2. The predicted octanol–water partition coefficient (Wildman–Crippen LogP) is 6.11. The fourth-order valence-electron chi connectivity index (χ4n) is 4.99. The number of nitrogens with one attached hydrogen (secondary N) is 2. The van der Waals surface area contributed by atoms with Crippen LogP contribution >= 0.6 is 0 Å². The molecule has 4 bridgehead atoms. The van der Waals surface area contributed by atoms with E-state index in [1.807, 2.05) is 51.1 Å². The minimum atomic E-state index is -4.11. The van der Waals surface area contributed by atoms with Gasteiger partial charge in [0.2, 0.25) is 11.8 Å². The number of aromatic nitrogens is 2. The number of benzene rings is 3. The van der Waals surface area contributed by atoms with E-state index in [2.05, 4.69) is 52.9 Å². The van der Waals surface area contributed by atoms with Gasteiger partial charge < -0.3 is 10.1 Å². The van der Waals surface area contributed by atoms with Crippen molar-refractivity contribution in [1.82, 2.24) is 15.3 Å². The number of carbonyl (C=O) groups is 1. The van der Waals surface area contributed by atoms with Crippen LogP contribution in [0, 0.1) is 13.8 Å². The molecule has 0 saturated heterocycles. The van der Waals surface area contributed by atoms with Gasteiger partial charge in [-0.25, -0.2) is 18.1 Å². The quantitative estimate of drug-likeness (QED) is 0.301. The number of carbonyl (C=O) groups excluding carboxylic acids is 1. The molecule has 1 amide bonds. The zero-order chi connectivity index (χ0) is 29.5. The summed E-state index contributed by atoms with van der Waals surface area (Å²) < 4.78 is 35.7. The number of fused-ring (bicyclic) bond motifs is 4. The molecule has 0 radical (unpaired) electrons. The van der Waals surface area contributed by atoms with E-state index in [0.29, 0.717) is 5.69 Å². The summed E-state index contributed by atoms with van der Waals surface area (Å²) in [6.07, 6.45) is -0.637. The molecule has 5 rings (SSSR count). The third-order valence-electron chi connectivity index (χ3n) is 7.24. The Hall–Kier alpha value is -4.24. The summed E-state index contributed by atoms with van der Waals surface area (Å²) in [5.41, 5.74) is 5.51. The van der Waals surface area contributed by atoms with Crippen molar-refractivity contribution >= 4 is 21.9 Å². The van der Waals surface area contributed by atoms with Gasteiger partial charge in [0.25, 0.3) is 15.9 Å². The highest BCUT2D eigenvalue weighted by Crippen LogP contribution is 2.33. The lowest BCUT2D eigenvalue weighted by atomic mass is 9.86. The van der Waals surface area contributed by atoms with Gasteiger partial charge >= 0.3 is 0 Å². The van der Waals surface area contributed by atoms with Gasteiger partial charge in [-0.3, -0.25) is 4.79 Å². The molecule has 0 spiro atoms. The number of nitrogens with zero attached hydrogens (tertiary/aromatic N) is 2. The van der Waals surface area contributed by atoms with Crippen LogP contribution in [0.3, 0.4) is 0 Å². The molecule has 0 unspecified atom stereocenters. The normalized spacial score (nSPS) is 18.5. The number of sulfonamides is 1. The first-order valence-electron chi connectivity index (χ1n) is 13.5. The summed E-state index contributed by atoms with van der Waals surface area (Å²) in [6.45, 7) is 12.2. The molecule has 41 heavy (non-hydrogen) atoms. The summed E-state index contributed by atoms with van der Waals surface area (Å²) in [5.74, 6) is -0.367. The molecule has 3 aromatic carbocycles. The molecule has 212 valence electrons. The molecule has 8 nitrogen and oxygen atoms in total. The average molecular weight is 571 g/mol. The summed E-state index contributed by atoms with van der Waals surface area (Å²) >= 11 is 0. The lowest BCUT2D eigenvalue weighted by molar-refractivity contribution is 0.0877. The Kier molecular flexibility index (Phi) is 7.33. The summed E-state index contributed by atoms with van der Waals surface area (Å²) in [7, 11) is -4.11. The molecule has 1 aliphatic heterocycles. The monoisotopic (exact) mass is 570 g/mol. The van der Waals surface area contributed by atoms with Crippen LogP contribution in [0.4, 0.5) is 5.95 Å². The Balaban J connectivity index is 1.70. The van der Waals surface area contributed by atoms with E-state index in [1.165, 1.54) is 18.2 Å². The first-order valence-corrected chi connectivity index (χ1v) is 15.0. The maximum atomic E-state index is 13.4. The third-order valence-corrected chi connectivity index (χ3v) is 8.56. The molecule has 1 aliphatic rings. The van der Waals surface area contributed by atoms with Crippen LogP contribution in [0.1, 0.15) is 66.4 Å². The minimum absolute atomic E-state index is 0.0337. The lowest BCUT2D eigenvalue weighted by Crippen LogP contribution is -2.39. The van der Waals surface area contributed by atoms with Crippen molar-refractivity contribution in [2.24, 2.45) is 0 Å². The molecule has 1 aromatic heterocycles. The van der Waals surface area contributed by atoms with Gasteiger partial charge in [-0.1, -0.05) is 69.3 Å². The van der Waals surface area contributed by atoms with Gasteiger partial charge in [-0.15, -0.1) is 0 Å². The number of hydrogen-bond donors (Lipinski definition) is 2. The van der Waals surface area contributed by atoms with Crippen LogP contribution < -0.4 is 14.8 Å². The molecule has 9 heteroatoms. The molecule has 0 aliphatic carbocycles. The third kappa shape index (κ3) is 5.95. The van der Waals surface area contributed by atoms with Gasteiger partial charge in [-0.05, 0) is 66.6 Å². The van der Waals surface area contributed by atoms with Crippen LogP contribution in [0.2, 0.25) is 0 Å². The molecule has 0 fully saturated rings. The molecule has 0 saturated carbocycles. The van der Waals surface area contributed by atoms with E-state index < -0.39 is 28.1 Å². The van der Waals surface area contributed by atoms with E-state index in [0.717, 1.165) is 27.8 Å². The average Bonchev–Trinajstić information content (AvgIpc) is 2.90. The standard InChI is InChI=1S/C32H34N4O4S/c1-19-9-7-10-20(2)28(19)26-18-27-35-31(34-26)36-41(38,39)25-12-8-11-23(17-25)30(37)33-21(3)29(40-27)22-13-15-24(16-14-22)32(4,5)6/h7-18,21,29H,1-6H3,(H,33,37)(H,34,35,36)/t21-,29-/m0/s1. The highest BCUT2D eigenvalue weighted by molar-refractivity contribution is 7.92. The van der Waals surface area contributed by atoms with Gasteiger partial charge in [0.15, 0.2) is 0 Å². The molecule has 4 aromatic rings. The molecule has 2 heterocycles. The van der Waals surface area contributed by atoms with Crippen LogP contribution in [0.15, 0.2) is 77.7 Å². The molecule has 2 atom stereocenters. The highest BCUT2D eigenvalue weighted by atomic mass is 32.2. The van der Waals surface area contributed by atoms with E-state index in [1.54, 1.807) is 12.1 Å². The SMILES string of the molecule is Cc1cccc(C)c1-c1cc2nc(n1)NS(=O)(=O)c1cccc(c1)C(=O)N[C@@H](C)[C@@H](c1ccc(C(C)(C)C)cc1)O2. The van der Waals surface area contributed by atoms with Gasteiger partial charge in [0.05, 0.1) is 16.6 Å². The van der Waals surface area contributed by atoms with Crippen LogP contribution in [-0.2, 0) is 15.4 Å². The molecular formula is C32H34N4O4S. The van der Waals surface area contributed by atoms with E-state index >= 15 is 0 Å². The van der Waals surface area contributed by atoms with Crippen molar-refractivity contribution in [2.75, 3.05) is 4.72 Å². The molecule has 2 N–H and O–H groups in total. The number of anilines is 1. The first kappa shape index (κ1) is 28.3. The maximum Gasteiger partial charge on any atom is 0.264 e. The van der Waals surface area contributed by atoms with E-state index in [4.69, 9.17) is 4.74 Å². The first-order chi connectivity index (χ1) is 19.3. The zero-order valence-corrected chi connectivity index (χ0v) is 24.8. The summed E-state index contributed by atoms with van der Waals surface area (Å²) in [6, 6.07) is 21.1. The smallest absolute Gasteiger partial charge is 0.264 e. The summed E-state index contributed by atoms with van der Waals surface area (Å²) in [4.78, 5) is 22.2. The van der Waals surface area contributed by atoms with Gasteiger partial charge in [-0.2, -0.15) is 4.98 Å². The van der Waals surface area contributed by atoms with Gasteiger partial charge in [0, 0.05) is 17.2 Å². The predicted molar refractivity (Wildman–Crippen MR) is 160 cm³/mol. The second-order valence-electron chi connectivity index (χ2n) is 11.5. The van der Waals surface area contributed by atoms with E-state index in [-0.39, 0.29) is 27.7 Å². The van der Waals surface area contributed by atoms with Crippen LogP contribution in [-0.4, -0.2) is 30.3 Å². The van der Waals surface area contributed by atoms with Crippen molar-refractivity contribution < 1.29 is 17.9 Å². The Morgan fingerprint density at radius 3 is 2.20 bits per heavy atom. The number of rotatable bonds is 2. The Bertz CT molecular complexity index is 1710. The fourth-order valence-corrected chi connectivity index (χ4v) is 5.98. The van der Waals surface area contributed by atoms with Crippen molar-refractivity contribution in [2.45, 2.75) is 64.0 Å². The zero-order valence-electron chi connectivity index (χ0n) is 24.0. The lowest BCUT2D eigenvalue weighted by Gasteiger charge is -2.27. The largest absolute Gasteiger partial charge is 0.467 e. The number of ether oxygens (including phenoxy) is 1. The number of aryl methyl sites for hydroxylation is 2. The Morgan fingerprint density at radius 2 is 1.54 bits per heavy atom. The second kappa shape index (κ2) is 10.6. The Labute approximate surface area is 241 Å². The topological polar surface area (TPSA) is 110 Å². The Morgan fingerprint density at radius 1 is 0.878 bits per heavy atom.